The minimum absolute atomic E-state index is 0.134. The van der Waals surface area contributed by atoms with Gasteiger partial charge in [0.2, 0.25) is 0 Å². The van der Waals surface area contributed by atoms with Gasteiger partial charge in [-0.2, -0.15) is 0 Å². The molecule has 2 aromatic rings. The Kier molecular flexibility index (Phi) is 5.06. The number of aryl methyl sites for hydroxylation is 1. The van der Waals surface area contributed by atoms with Gasteiger partial charge in [-0.05, 0) is 19.1 Å². The lowest BCUT2D eigenvalue weighted by atomic mass is 10.2. The van der Waals surface area contributed by atoms with Gasteiger partial charge in [-0.1, -0.05) is 5.16 Å². The first kappa shape index (κ1) is 17.1. The third kappa shape index (κ3) is 4.01. The van der Waals surface area contributed by atoms with Gasteiger partial charge in [-0.25, -0.2) is 9.18 Å². The summed E-state index contributed by atoms with van der Waals surface area (Å²) in [6.07, 6.45) is 0. The van der Waals surface area contributed by atoms with Crippen molar-refractivity contribution >= 4 is 11.7 Å². The van der Waals surface area contributed by atoms with Crippen LogP contribution in [-0.2, 0) is 6.54 Å². The van der Waals surface area contributed by atoms with E-state index in [0.29, 0.717) is 38.5 Å². The maximum Gasteiger partial charge on any atom is 0.317 e. The van der Waals surface area contributed by atoms with Crippen molar-refractivity contribution in [1.82, 2.24) is 15.4 Å². The molecule has 134 valence electrons. The van der Waals surface area contributed by atoms with E-state index in [9.17, 15) is 9.18 Å². The molecule has 0 atom stereocenters. The molecular weight excluding hydrogens is 327 g/mol. The van der Waals surface area contributed by atoms with Crippen LogP contribution >= 0.6 is 0 Å². The van der Waals surface area contributed by atoms with E-state index in [1.165, 1.54) is 13.2 Å². The standard InChI is InChI=1S/C17H21FN4O3/c1-12-9-14(25-20-12)11-19-17(23)22-7-5-21(6-8-22)13-3-4-15(18)16(10-13)24-2/h3-4,9-10H,5-8,11H2,1-2H3,(H,19,23). The minimum atomic E-state index is -0.382. The van der Waals surface area contributed by atoms with Crippen LogP contribution in [0.15, 0.2) is 28.8 Å². The van der Waals surface area contributed by atoms with Crippen molar-refractivity contribution < 1.29 is 18.4 Å². The summed E-state index contributed by atoms with van der Waals surface area (Å²) in [5.74, 6) is 0.467. The summed E-state index contributed by atoms with van der Waals surface area (Å²) in [5, 5.41) is 6.61. The van der Waals surface area contributed by atoms with E-state index in [1.807, 2.05) is 6.92 Å². The highest BCUT2D eigenvalue weighted by Gasteiger charge is 2.22. The molecule has 25 heavy (non-hydrogen) atoms. The number of benzene rings is 1. The average Bonchev–Trinajstić information content (AvgIpc) is 3.05. The average molecular weight is 348 g/mol. The van der Waals surface area contributed by atoms with E-state index >= 15 is 0 Å². The zero-order valence-electron chi connectivity index (χ0n) is 14.3. The fraction of sp³-hybridized carbons (Fsp3) is 0.412. The molecule has 2 amide bonds. The monoisotopic (exact) mass is 348 g/mol. The lowest BCUT2D eigenvalue weighted by molar-refractivity contribution is 0.192. The summed E-state index contributed by atoms with van der Waals surface area (Å²) < 4.78 is 23.6. The topological polar surface area (TPSA) is 70.8 Å². The Morgan fingerprint density at radius 2 is 2.08 bits per heavy atom. The minimum Gasteiger partial charge on any atom is -0.494 e. The molecule has 0 radical (unpaired) electrons. The summed E-state index contributed by atoms with van der Waals surface area (Å²) in [7, 11) is 1.44. The number of nitrogens with one attached hydrogen (secondary N) is 1. The van der Waals surface area contributed by atoms with Crippen molar-refractivity contribution in [3.63, 3.8) is 0 Å². The van der Waals surface area contributed by atoms with E-state index in [2.05, 4.69) is 15.4 Å². The highest BCUT2D eigenvalue weighted by atomic mass is 19.1. The summed E-state index contributed by atoms with van der Waals surface area (Å²) in [6, 6.07) is 6.45. The highest BCUT2D eigenvalue weighted by Crippen LogP contribution is 2.25. The van der Waals surface area contributed by atoms with Crippen LogP contribution in [0.2, 0.25) is 0 Å². The van der Waals surface area contributed by atoms with Crippen LogP contribution in [0.5, 0.6) is 5.75 Å². The lowest BCUT2D eigenvalue weighted by Gasteiger charge is -2.36. The molecule has 0 bridgehead atoms. The molecular formula is C17H21FN4O3. The first-order valence-electron chi connectivity index (χ1n) is 8.10. The van der Waals surface area contributed by atoms with Gasteiger partial charge in [-0.3, -0.25) is 0 Å². The number of urea groups is 1. The number of aromatic nitrogens is 1. The van der Waals surface area contributed by atoms with Crippen LogP contribution in [0.25, 0.3) is 0 Å². The van der Waals surface area contributed by atoms with Crippen LogP contribution in [0, 0.1) is 12.7 Å². The Labute approximate surface area is 145 Å². The predicted octanol–water partition coefficient (Wildman–Crippen LogP) is 2.16. The zero-order chi connectivity index (χ0) is 17.8. The second-order valence-corrected chi connectivity index (χ2v) is 5.89. The molecule has 1 aliphatic rings. The van der Waals surface area contributed by atoms with Crippen LogP contribution < -0.4 is 15.0 Å². The fourth-order valence-electron chi connectivity index (χ4n) is 2.79. The van der Waals surface area contributed by atoms with Crippen LogP contribution in [-0.4, -0.2) is 49.4 Å². The number of hydrogen-bond acceptors (Lipinski definition) is 5. The third-order valence-corrected chi connectivity index (χ3v) is 4.16. The molecule has 3 rings (SSSR count). The SMILES string of the molecule is COc1cc(N2CCN(C(=O)NCc3cc(C)no3)CC2)ccc1F. The van der Waals surface area contributed by atoms with Crippen molar-refractivity contribution in [1.29, 1.82) is 0 Å². The number of piperazine rings is 1. The molecule has 1 saturated heterocycles. The Hall–Kier alpha value is -2.77. The Morgan fingerprint density at radius 1 is 1.32 bits per heavy atom. The van der Waals surface area contributed by atoms with Crippen molar-refractivity contribution in [3.05, 3.63) is 41.5 Å². The summed E-state index contributed by atoms with van der Waals surface area (Å²) in [5.41, 5.74) is 1.67. The second-order valence-electron chi connectivity index (χ2n) is 5.89. The lowest BCUT2D eigenvalue weighted by Crippen LogP contribution is -2.51. The first-order chi connectivity index (χ1) is 12.1. The summed E-state index contributed by atoms with van der Waals surface area (Å²) in [4.78, 5) is 16.1. The normalized spacial score (nSPS) is 14.5. The number of anilines is 1. The number of carbonyl (C=O) groups excluding carboxylic acids is 1. The van der Waals surface area contributed by atoms with Gasteiger partial charge in [0.1, 0.15) is 0 Å². The maximum atomic E-state index is 13.5. The van der Waals surface area contributed by atoms with Crippen molar-refractivity contribution in [2.45, 2.75) is 13.5 Å². The van der Waals surface area contributed by atoms with Crippen molar-refractivity contribution in [2.75, 3.05) is 38.2 Å². The molecule has 1 aromatic heterocycles. The predicted molar refractivity (Wildman–Crippen MR) is 90.2 cm³/mol. The smallest absolute Gasteiger partial charge is 0.317 e. The number of rotatable bonds is 4. The number of nitrogens with zero attached hydrogens (tertiary/aromatic N) is 3. The van der Waals surface area contributed by atoms with Crippen molar-refractivity contribution in [3.8, 4) is 5.75 Å². The third-order valence-electron chi connectivity index (χ3n) is 4.16. The molecule has 1 N–H and O–H groups in total. The Bertz CT molecular complexity index is 741. The number of halogens is 1. The second kappa shape index (κ2) is 7.42. The van der Waals surface area contributed by atoms with E-state index in [0.717, 1.165) is 11.4 Å². The molecule has 2 heterocycles. The van der Waals surface area contributed by atoms with E-state index in [-0.39, 0.29) is 17.6 Å². The number of hydrogen-bond donors (Lipinski definition) is 1. The van der Waals surface area contributed by atoms with Gasteiger partial charge < -0.3 is 24.4 Å². The van der Waals surface area contributed by atoms with Crippen LogP contribution in [0.4, 0.5) is 14.9 Å². The quantitative estimate of drug-likeness (QED) is 0.917. The molecule has 1 aliphatic heterocycles. The molecule has 0 spiro atoms. The summed E-state index contributed by atoms with van der Waals surface area (Å²) in [6.45, 7) is 4.66. The van der Waals surface area contributed by atoms with Gasteiger partial charge >= 0.3 is 6.03 Å². The molecule has 7 nitrogen and oxygen atoms in total. The Balaban J connectivity index is 1.52. The fourth-order valence-corrected chi connectivity index (χ4v) is 2.79. The molecule has 0 saturated carbocycles. The van der Waals surface area contributed by atoms with Crippen LogP contribution in [0.1, 0.15) is 11.5 Å². The molecule has 1 aromatic carbocycles. The number of ether oxygens (including phenoxy) is 1. The summed E-state index contributed by atoms with van der Waals surface area (Å²) >= 11 is 0. The highest BCUT2D eigenvalue weighted by molar-refractivity contribution is 5.74. The van der Waals surface area contributed by atoms with Crippen molar-refractivity contribution in [2.24, 2.45) is 0 Å². The Morgan fingerprint density at radius 3 is 2.72 bits per heavy atom. The number of amides is 2. The van der Waals surface area contributed by atoms with E-state index < -0.39 is 0 Å². The van der Waals surface area contributed by atoms with E-state index in [4.69, 9.17) is 9.26 Å². The largest absolute Gasteiger partial charge is 0.494 e. The number of carbonyl (C=O) groups is 1. The molecule has 0 aliphatic carbocycles. The van der Waals surface area contributed by atoms with Gasteiger partial charge in [0.05, 0.1) is 19.3 Å². The van der Waals surface area contributed by atoms with Gasteiger partial charge in [0.25, 0.3) is 0 Å². The molecule has 1 fully saturated rings. The van der Waals surface area contributed by atoms with Crippen LogP contribution in [0.3, 0.4) is 0 Å². The maximum absolute atomic E-state index is 13.5. The molecule has 8 heteroatoms. The first-order valence-corrected chi connectivity index (χ1v) is 8.10. The molecule has 0 unspecified atom stereocenters. The van der Waals surface area contributed by atoms with Gasteiger partial charge in [0.15, 0.2) is 17.3 Å². The van der Waals surface area contributed by atoms with Gasteiger partial charge in [-0.15, -0.1) is 0 Å². The van der Waals surface area contributed by atoms with E-state index in [1.54, 1.807) is 23.1 Å². The zero-order valence-corrected chi connectivity index (χ0v) is 14.3. The van der Waals surface area contributed by atoms with Gasteiger partial charge in [0, 0.05) is 44.0 Å². The number of methoxy groups -OCH3 is 1.